The third kappa shape index (κ3) is 7.30. The second-order valence-corrected chi connectivity index (χ2v) is 22.6. The number of carbonyl (C=O) groups excluding carboxylic acids is 1. The summed E-state index contributed by atoms with van der Waals surface area (Å²) in [6.07, 6.45) is 9.58. The Hall–Kier alpha value is -3.38. The van der Waals surface area contributed by atoms with Gasteiger partial charge in [0.1, 0.15) is 5.76 Å². The lowest BCUT2D eigenvalue weighted by Gasteiger charge is -2.47. The first kappa shape index (κ1) is 45.7. The second-order valence-electron chi connectivity index (χ2n) is 19.0. The maximum absolute atomic E-state index is 14.8. The number of likely N-dealkylation sites (tertiary alicyclic amines) is 1. The maximum atomic E-state index is 14.8. The lowest BCUT2D eigenvalue weighted by Crippen LogP contribution is -2.55. The van der Waals surface area contributed by atoms with Gasteiger partial charge in [-0.3, -0.25) is 9.52 Å². The van der Waals surface area contributed by atoms with E-state index in [2.05, 4.69) is 102 Å². The van der Waals surface area contributed by atoms with E-state index in [-0.39, 0.29) is 68.5 Å². The van der Waals surface area contributed by atoms with Crippen molar-refractivity contribution in [2.45, 2.75) is 177 Å². The lowest BCUT2D eigenvalue weighted by molar-refractivity contribution is -0.111. The van der Waals surface area contributed by atoms with Gasteiger partial charge in [0.05, 0.1) is 34.1 Å². The number of Topliss-reactive ketones (excluding diaryl/α,β-unsaturated/α-hetero) is 1. The molecule has 1 fully saturated rings. The summed E-state index contributed by atoms with van der Waals surface area (Å²) in [6, 6.07) is 3.92. The van der Waals surface area contributed by atoms with E-state index in [0.717, 1.165) is 48.2 Å². The van der Waals surface area contributed by atoms with Crippen LogP contribution in [0, 0.1) is 5.41 Å². The van der Waals surface area contributed by atoms with Gasteiger partial charge in [-0.15, -0.1) is 0 Å². The van der Waals surface area contributed by atoms with Gasteiger partial charge in [-0.05, 0) is 103 Å². The molecule has 0 spiro atoms. The number of aliphatic hydroxyl groups is 1. The van der Waals surface area contributed by atoms with Gasteiger partial charge in [-0.25, -0.2) is 16.8 Å². The summed E-state index contributed by atoms with van der Waals surface area (Å²) in [7, 11) is -7.76. The van der Waals surface area contributed by atoms with Gasteiger partial charge in [0.2, 0.25) is 15.8 Å². The van der Waals surface area contributed by atoms with Crippen LogP contribution in [0.5, 0.6) is 0 Å². The summed E-state index contributed by atoms with van der Waals surface area (Å²) in [5.74, 6) is -1.02. The summed E-state index contributed by atoms with van der Waals surface area (Å²) >= 11 is 0. The zero-order chi connectivity index (χ0) is 43.6. The molecule has 2 aliphatic heterocycles. The molecule has 12 heteroatoms. The summed E-state index contributed by atoms with van der Waals surface area (Å²) in [5, 5.41) is 12.2. The number of carbonyl (C=O) groups is 1. The Kier molecular flexibility index (Phi) is 12.5. The summed E-state index contributed by atoms with van der Waals surface area (Å²) < 4.78 is 61.5. The minimum absolute atomic E-state index is 0.00107. The molecule has 1 saturated heterocycles. The van der Waals surface area contributed by atoms with Crippen molar-refractivity contribution >= 4 is 48.5 Å². The van der Waals surface area contributed by atoms with Crippen molar-refractivity contribution < 1.29 is 26.7 Å². The number of anilines is 2. The van der Waals surface area contributed by atoms with Crippen LogP contribution in [-0.4, -0.2) is 73.0 Å². The van der Waals surface area contributed by atoms with Crippen LogP contribution in [0.25, 0.3) is 5.57 Å². The Morgan fingerprint density at radius 1 is 0.741 bits per heavy atom. The average Bonchev–Trinajstić information content (AvgIpc) is 3.38. The van der Waals surface area contributed by atoms with Crippen LogP contribution in [0.1, 0.15) is 159 Å². The first-order valence-corrected chi connectivity index (χ1v) is 24.9. The number of hydrogen-bond donors (Lipinski definition) is 2. The van der Waals surface area contributed by atoms with E-state index in [9.17, 15) is 26.7 Å². The van der Waals surface area contributed by atoms with Gasteiger partial charge in [-0.2, -0.15) is 4.40 Å². The van der Waals surface area contributed by atoms with Gasteiger partial charge in [0.25, 0.3) is 10.0 Å². The molecule has 2 atom stereocenters. The molecule has 0 bridgehead atoms. The number of allylic oxidation sites excluding steroid dienone is 6. The monoisotopic (exact) mass is 838 g/mol. The molecule has 2 heterocycles. The molecule has 4 aliphatic rings. The highest BCUT2D eigenvalue weighted by Gasteiger charge is 2.58. The summed E-state index contributed by atoms with van der Waals surface area (Å²) in [6.45, 7) is 30.0. The Balaban J connectivity index is 1.83. The molecule has 2 aliphatic carbocycles. The molecule has 5 rings (SSSR count). The molecule has 0 amide bonds. The molecule has 58 heavy (non-hydrogen) atoms. The van der Waals surface area contributed by atoms with E-state index in [0.29, 0.717) is 31.2 Å². The van der Waals surface area contributed by atoms with E-state index in [4.69, 9.17) is 0 Å². The van der Waals surface area contributed by atoms with Crippen LogP contribution in [0.15, 0.2) is 56.9 Å². The molecule has 1 aromatic rings. The normalized spacial score (nSPS) is 26.1. The van der Waals surface area contributed by atoms with Crippen molar-refractivity contribution in [3.8, 4) is 0 Å². The zero-order valence-corrected chi connectivity index (χ0v) is 39.3. The first-order chi connectivity index (χ1) is 26.8. The quantitative estimate of drug-likeness (QED) is 0.157. The van der Waals surface area contributed by atoms with Crippen LogP contribution >= 0.6 is 0 Å². The zero-order valence-electron chi connectivity index (χ0n) is 37.7. The van der Waals surface area contributed by atoms with Crippen molar-refractivity contribution in [1.82, 2.24) is 4.90 Å². The molecule has 10 nitrogen and oxygen atoms in total. The average molecular weight is 839 g/mol. The Bertz CT molecular complexity index is 2220. The number of nitrogens with one attached hydrogen (secondary N) is 1. The minimum atomic E-state index is -3.94. The SMILES string of the molecule is CCCCS(=O)(=O)/N=C1\C=C2C(=C\C1=C1/C(=O)C(c3cc4c(cc3NS(=O)(=O)CCCC)N(C(C)C)C(C)(CCC)C4(C)C)=C1O)C(C)(C)C(C)(CCC)N2C(C)C. The van der Waals surface area contributed by atoms with Crippen molar-refractivity contribution in [2.24, 2.45) is 9.81 Å². The number of nitrogens with zero attached hydrogens (tertiary/aromatic N) is 3. The van der Waals surface area contributed by atoms with Crippen LogP contribution in [0.4, 0.5) is 11.4 Å². The predicted molar refractivity (Wildman–Crippen MR) is 241 cm³/mol. The van der Waals surface area contributed by atoms with Crippen LogP contribution in [0.2, 0.25) is 0 Å². The second kappa shape index (κ2) is 15.9. The number of fused-ring (bicyclic) bond motifs is 2. The Morgan fingerprint density at radius 3 is 1.81 bits per heavy atom. The van der Waals surface area contributed by atoms with Gasteiger partial charge in [-0.1, -0.05) is 81.1 Å². The molecule has 1 aromatic carbocycles. The highest BCUT2D eigenvalue weighted by Crippen LogP contribution is 2.60. The topological polar surface area (TPSA) is 136 Å². The number of benzene rings is 1. The number of rotatable bonds is 16. The predicted octanol–water partition coefficient (Wildman–Crippen LogP) is 10.1. The number of aliphatic hydroxyl groups excluding tert-OH is 1. The molecular formula is C46H70N4O6S2. The molecule has 2 N–H and O–H groups in total. The molecule has 0 radical (unpaired) electrons. The highest BCUT2D eigenvalue weighted by molar-refractivity contribution is 7.92. The van der Waals surface area contributed by atoms with Crippen molar-refractivity contribution in [2.75, 3.05) is 21.1 Å². The number of ketones is 1. The fourth-order valence-electron chi connectivity index (χ4n) is 10.4. The van der Waals surface area contributed by atoms with Gasteiger partial charge >= 0.3 is 0 Å². The third-order valence-corrected chi connectivity index (χ3v) is 16.5. The molecule has 322 valence electrons. The van der Waals surface area contributed by atoms with Gasteiger partial charge < -0.3 is 14.9 Å². The fourth-order valence-corrected chi connectivity index (χ4v) is 12.8. The largest absolute Gasteiger partial charge is 0.506 e. The highest BCUT2D eigenvalue weighted by atomic mass is 32.2. The summed E-state index contributed by atoms with van der Waals surface area (Å²) in [5.41, 5.74) is 3.10. The van der Waals surface area contributed by atoms with E-state index in [1.807, 2.05) is 32.1 Å². The molecule has 0 aromatic heterocycles. The number of sulfonamides is 2. The van der Waals surface area contributed by atoms with E-state index in [1.165, 1.54) is 0 Å². The molecule has 2 unspecified atom stereocenters. The smallest absolute Gasteiger partial charge is 0.253 e. The van der Waals surface area contributed by atoms with E-state index >= 15 is 0 Å². The molecule has 0 saturated carbocycles. The Labute approximate surface area is 350 Å². The van der Waals surface area contributed by atoms with Crippen LogP contribution in [0.3, 0.4) is 0 Å². The van der Waals surface area contributed by atoms with Crippen LogP contribution < -0.4 is 9.62 Å². The third-order valence-electron chi connectivity index (χ3n) is 13.9. The molecular weight excluding hydrogens is 769 g/mol. The standard InChI is InChI=1S/C46H70N4O6S2/c1-15-19-23-57(53,54)47-35-27-37-33(43(9,10)45(13,21-17-3)49(37)29(5)6)25-31(35)39-41(51)40(42(39)52)32-26-34-38(28-36(32)48-58(55,56)24-20-16-2)50(30(7)8)46(14,22-18-4)44(34,11)12/h25-30,47,51H,15-24H2,1-14H3/b40-32+,48-36+. The van der Waals surface area contributed by atoms with E-state index in [1.54, 1.807) is 6.08 Å². The lowest BCUT2D eigenvalue weighted by atomic mass is 9.67. The van der Waals surface area contributed by atoms with E-state index < -0.39 is 36.7 Å². The first-order valence-electron chi connectivity index (χ1n) is 21.6. The van der Waals surface area contributed by atoms with Crippen molar-refractivity contribution in [3.05, 3.63) is 63.6 Å². The number of unbranched alkanes of at least 4 members (excludes halogenated alkanes) is 2. The summed E-state index contributed by atoms with van der Waals surface area (Å²) in [4.78, 5) is 19.6. The maximum Gasteiger partial charge on any atom is 0.253 e. The van der Waals surface area contributed by atoms with Crippen molar-refractivity contribution in [3.63, 3.8) is 0 Å². The fraction of sp³-hybridized carbons (Fsp3) is 0.652. The minimum Gasteiger partial charge on any atom is -0.506 e. The van der Waals surface area contributed by atoms with Gasteiger partial charge in [0.15, 0.2) is 0 Å². The van der Waals surface area contributed by atoms with Crippen LogP contribution in [-0.2, 0) is 30.3 Å². The van der Waals surface area contributed by atoms with Gasteiger partial charge in [0, 0.05) is 56.5 Å². The number of hydrogen-bond acceptors (Lipinski definition) is 8. The Morgan fingerprint density at radius 2 is 1.29 bits per heavy atom. The van der Waals surface area contributed by atoms with Crippen molar-refractivity contribution in [1.29, 1.82) is 0 Å².